The number of aromatic nitrogens is 2. The SMILES string of the molecule is C#CCCC1(CCNC(=O)Cn2c(=O)c(=O)[nH]c3ccccc32)N=N1. The minimum Gasteiger partial charge on any atom is -0.354 e. The highest BCUT2D eigenvalue weighted by Gasteiger charge is 2.38. The van der Waals surface area contributed by atoms with Crippen LogP contribution in [0.25, 0.3) is 11.0 Å². The normalized spacial score (nSPS) is 14.2. The molecule has 1 aliphatic rings. The van der Waals surface area contributed by atoms with Gasteiger partial charge in [-0.1, -0.05) is 12.1 Å². The third-order valence-corrected chi connectivity index (χ3v) is 4.08. The molecule has 2 aromatic rings. The lowest BCUT2D eigenvalue weighted by atomic mass is 10.0. The van der Waals surface area contributed by atoms with Crippen molar-refractivity contribution in [1.29, 1.82) is 0 Å². The number of rotatable bonds is 7. The van der Waals surface area contributed by atoms with Crippen LogP contribution in [0.15, 0.2) is 44.1 Å². The maximum absolute atomic E-state index is 12.2. The number of nitrogens with one attached hydrogen (secondary N) is 2. The van der Waals surface area contributed by atoms with Crippen LogP contribution in [0.2, 0.25) is 0 Å². The lowest BCUT2D eigenvalue weighted by molar-refractivity contribution is -0.121. The highest BCUT2D eigenvalue weighted by atomic mass is 16.2. The number of nitrogens with zero attached hydrogens (tertiary/aromatic N) is 3. The van der Waals surface area contributed by atoms with Gasteiger partial charge >= 0.3 is 11.1 Å². The zero-order valence-corrected chi connectivity index (χ0v) is 13.5. The first-order chi connectivity index (χ1) is 12.0. The van der Waals surface area contributed by atoms with Gasteiger partial charge in [-0.15, -0.1) is 12.3 Å². The molecule has 3 rings (SSSR count). The zero-order valence-electron chi connectivity index (χ0n) is 13.5. The summed E-state index contributed by atoms with van der Waals surface area (Å²) in [6.45, 7) is 0.140. The summed E-state index contributed by atoms with van der Waals surface area (Å²) in [7, 11) is 0. The Bertz CT molecular complexity index is 990. The molecule has 0 saturated carbocycles. The molecule has 0 atom stereocenters. The number of amides is 1. The van der Waals surface area contributed by atoms with Gasteiger partial charge in [0, 0.05) is 25.8 Å². The molecule has 25 heavy (non-hydrogen) atoms. The van der Waals surface area contributed by atoms with Crippen molar-refractivity contribution in [3.63, 3.8) is 0 Å². The lowest BCUT2D eigenvalue weighted by Gasteiger charge is -2.12. The van der Waals surface area contributed by atoms with Crippen LogP contribution in [0, 0.1) is 12.3 Å². The Morgan fingerprint density at radius 1 is 1.28 bits per heavy atom. The van der Waals surface area contributed by atoms with E-state index >= 15 is 0 Å². The Hall–Kier alpha value is -3.21. The smallest absolute Gasteiger partial charge is 0.317 e. The van der Waals surface area contributed by atoms with Crippen molar-refractivity contribution in [2.45, 2.75) is 31.5 Å². The van der Waals surface area contributed by atoms with E-state index in [1.165, 1.54) is 4.57 Å². The first kappa shape index (κ1) is 16.6. The van der Waals surface area contributed by atoms with E-state index in [9.17, 15) is 14.4 Å². The monoisotopic (exact) mass is 339 g/mol. The van der Waals surface area contributed by atoms with E-state index in [4.69, 9.17) is 6.42 Å². The first-order valence-electron chi connectivity index (χ1n) is 7.91. The fraction of sp³-hybridized carbons (Fsp3) is 0.353. The first-order valence-corrected chi connectivity index (χ1v) is 7.91. The maximum Gasteiger partial charge on any atom is 0.317 e. The molecule has 0 radical (unpaired) electrons. The van der Waals surface area contributed by atoms with Gasteiger partial charge < -0.3 is 10.3 Å². The summed E-state index contributed by atoms with van der Waals surface area (Å²) in [6, 6.07) is 6.83. The van der Waals surface area contributed by atoms with Crippen molar-refractivity contribution in [3.05, 3.63) is 45.0 Å². The van der Waals surface area contributed by atoms with E-state index in [-0.39, 0.29) is 12.5 Å². The molecule has 0 saturated heterocycles. The zero-order chi connectivity index (χ0) is 17.9. The molecule has 2 N–H and O–H groups in total. The van der Waals surface area contributed by atoms with Gasteiger partial charge in [0.15, 0.2) is 5.66 Å². The van der Waals surface area contributed by atoms with E-state index in [0.29, 0.717) is 36.8 Å². The Kier molecular flexibility index (Phi) is 4.48. The number of carbonyl (C=O) groups excluding carboxylic acids is 1. The van der Waals surface area contributed by atoms with Gasteiger partial charge in [0.1, 0.15) is 6.54 Å². The standard InChI is InChI=1S/C17H17N5O3/c1-2-3-8-17(20-21-17)9-10-18-14(23)11-22-13-7-5-4-6-12(13)19-15(24)16(22)25/h1,4-7H,3,8-11H2,(H,18,23)(H,19,24). The molecular formula is C17H17N5O3. The number of carbonyl (C=O) groups is 1. The molecule has 8 heteroatoms. The molecule has 0 spiro atoms. The van der Waals surface area contributed by atoms with E-state index in [2.05, 4.69) is 26.4 Å². The minimum absolute atomic E-state index is 0.227. The number of hydrogen-bond acceptors (Lipinski definition) is 5. The quantitative estimate of drug-likeness (QED) is 0.574. The van der Waals surface area contributed by atoms with Crippen LogP contribution in [0.5, 0.6) is 0 Å². The largest absolute Gasteiger partial charge is 0.354 e. The molecule has 1 aromatic carbocycles. The second kappa shape index (κ2) is 6.73. The average molecular weight is 339 g/mol. The number of benzene rings is 1. The Morgan fingerprint density at radius 3 is 2.76 bits per heavy atom. The van der Waals surface area contributed by atoms with Crippen molar-refractivity contribution in [2.24, 2.45) is 10.2 Å². The van der Waals surface area contributed by atoms with Gasteiger partial charge in [-0.3, -0.25) is 19.0 Å². The molecular weight excluding hydrogens is 322 g/mol. The summed E-state index contributed by atoms with van der Waals surface area (Å²) in [5.41, 5.74) is -0.974. The van der Waals surface area contributed by atoms with Gasteiger partial charge in [-0.2, -0.15) is 10.2 Å². The summed E-state index contributed by atoms with van der Waals surface area (Å²) < 4.78 is 1.17. The van der Waals surface area contributed by atoms with Gasteiger partial charge in [0.05, 0.1) is 11.0 Å². The Labute approximate surface area is 143 Å². The van der Waals surface area contributed by atoms with E-state index in [1.54, 1.807) is 24.3 Å². The second-order valence-electron chi connectivity index (χ2n) is 5.85. The number of aromatic amines is 1. The third-order valence-electron chi connectivity index (χ3n) is 4.08. The molecule has 0 unspecified atom stereocenters. The van der Waals surface area contributed by atoms with Crippen LogP contribution in [0.1, 0.15) is 19.3 Å². The molecule has 0 aliphatic carbocycles. The molecule has 0 fully saturated rings. The minimum atomic E-state index is -0.758. The fourth-order valence-corrected chi connectivity index (χ4v) is 2.65. The average Bonchev–Trinajstić information content (AvgIpc) is 3.37. The van der Waals surface area contributed by atoms with Gasteiger partial charge in [-0.25, -0.2) is 0 Å². The molecule has 1 aliphatic heterocycles. The van der Waals surface area contributed by atoms with E-state index in [0.717, 1.165) is 0 Å². The summed E-state index contributed by atoms with van der Waals surface area (Å²) in [4.78, 5) is 38.5. The van der Waals surface area contributed by atoms with Crippen LogP contribution in [-0.4, -0.2) is 27.7 Å². The number of para-hydroxylation sites is 2. The molecule has 128 valence electrons. The van der Waals surface area contributed by atoms with Crippen molar-refractivity contribution < 1.29 is 4.79 Å². The summed E-state index contributed by atoms with van der Waals surface area (Å²) >= 11 is 0. The van der Waals surface area contributed by atoms with E-state index < -0.39 is 16.8 Å². The van der Waals surface area contributed by atoms with Crippen molar-refractivity contribution in [1.82, 2.24) is 14.9 Å². The Morgan fingerprint density at radius 2 is 2.04 bits per heavy atom. The van der Waals surface area contributed by atoms with Gasteiger partial charge in [-0.05, 0) is 12.1 Å². The molecule has 1 amide bonds. The van der Waals surface area contributed by atoms with Crippen molar-refractivity contribution in [3.8, 4) is 12.3 Å². The summed E-state index contributed by atoms with van der Waals surface area (Å²) in [6.07, 6.45) is 7.04. The van der Waals surface area contributed by atoms with Crippen LogP contribution >= 0.6 is 0 Å². The van der Waals surface area contributed by atoms with Gasteiger partial charge in [0.25, 0.3) is 0 Å². The predicted octanol–water partition coefficient (Wildman–Crippen LogP) is 0.772. The molecule has 0 bridgehead atoms. The Balaban J connectivity index is 1.65. The number of fused-ring (bicyclic) bond motifs is 1. The number of terminal acetylenes is 1. The summed E-state index contributed by atoms with van der Waals surface area (Å²) in [5, 5.41) is 10.7. The highest BCUT2D eigenvalue weighted by molar-refractivity contribution is 5.79. The van der Waals surface area contributed by atoms with Crippen LogP contribution in [-0.2, 0) is 11.3 Å². The van der Waals surface area contributed by atoms with Crippen LogP contribution < -0.4 is 16.4 Å². The van der Waals surface area contributed by atoms with Crippen molar-refractivity contribution in [2.75, 3.05) is 6.54 Å². The van der Waals surface area contributed by atoms with Crippen molar-refractivity contribution >= 4 is 16.9 Å². The fourth-order valence-electron chi connectivity index (χ4n) is 2.65. The summed E-state index contributed by atoms with van der Waals surface area (Å²) in [5.74, 6) is 2.19. The lowest BCUT2D eigenvalue weighted by Crippen LogP contribution is -2.40. The van der Waals surface area contributed by atoms with Gasteiger partial charge in [0.2, 0.25) is 5.91 Å². The third kappa shape index (κ3) is 3.66. The number of hydrogen-bond donors (Lipinski definition) is 2. The maximum atomic E-state index is 12.2. The second-order valence-corrected chi connectivity index (χ2v) is 5.85. The van der Waals surface area contributed by atoms with Crippen LogP contribution in [0.4, 0.5) is 0 Å². The van der Waals surface area contributed by atoms with Crippen LogP contribution in [0.3, 0.4) is 0 Å². The molecule has 2 heterocycles. The molecule has 8 nitrogen and oxygen atoms in total. The number of H-pyrrole nitrogens is 1. The topological polar surface area (TPSA) is 109 Å². The molecule has 1 aromatic heterocycles. The predicted molar refractivity (Wildman–Crippen MR) is 92.1 cm³/mol. The highest BCUT2D eigenvalue weighted by Crippen LogP contribution is 2.35. The van der Waals surface area contributed by atoms with E-state index in [1.807, 2.05) is 0 Å².